The number of aliphatic hydroxyl groups is 1. The van der Waals surface area contributed by atoms with Crippen molar-refractivity contribution < 1.29 is 24.5 Å². The highest BCUT2D eigenvalue weighted by Crippen LogP contribution is 2.34. The molecular formula is C26H27NO5. The van der Waals surface area contributed by atoms with E-state index < -0.39 is 17.2 Å². The van der Waals surface area contributed by atoms with Crippen LogP contribution in [0, 0.1) is 0 Å². The van der Waals surface area contributed by atoms with Gasteiger partial charge in [0.2, 0.25) is 0 Å². The molecule has 166 valence electrons. The standard InChI is InChI=1S/C26H27NO5/c1-25(2,24(29)30)32-22-11-9-21(10-12-22)26(31)13-15-27(16-14-26)23(28)20-8-7-18-5-3-4-6-19(18)17-20/h3-12,17,31H,13-16H2,1-2H3,(H,29,30). The third-order valence-electron chi connectivity index (χ3n) is 6.15. The van der Waals surface area contributed by atoms with Gasteiger partial charge in [0.05, 0.1) is 5.60 Å². The van der Waals surface area contributed by atoms with Gasteiger partial charge in [-0.05, 0) is 67.3 Å². The van der Waals surface area contributed by atoms with E-state index in [4.69, 9.17) is 4.74 Å². The quantitative estimate of drug-likeness (QED) is 0.630. The summed E-state index contributed by atoms with van der Waals surface area (Å²) in [5, 5.41) is 22.5. The fourth-order valence-electron chi connectivity index (χ4n) is 4.04. The van der Waals surface area contributed by atoms with Gasteiger partial charge in [0.15, 0.2) is 5.60 Å². The van der Waals surface area contributed by atoms with Crippen molar-refractivity contribution in [3.05, 3.63) is 77.9 Å². The summed E-state index contributed by atoms with van der Waals surface area (Å²) in [5.41, 5.74) is -0.999. The second kappa shape index (κ2) is 8.28. The van der Waals surface area contributed by atoms with Gasteiger partial charge in [-0.2, -0.15) is 0 Å². The van der Waals surface area contributed by atoms with E-state index in [-0.39, 0.29) is 5.91 Å². The summed E-state index contributed by atoms with van der Waals surface area (Å²) in [6.45, 7) is 3.87. The van der Waals surface area contributed by atoms with Gasteiger partial charge in [-0.1, -0.05) is 42.5 Å². The fraction of sp³-hybridized carbons (Fsp3) is 0.308. The van der Waals surface area contributed by atoms with Crippen LogP contribution in [0.15, 0.2) is 66.7 Å². The Labute approximate surface area is 187 Å². The Morgan fingerprint density at radius 1 is 0.938 bits per heavy atom. The van der Waals surface area contributed by atoms with Crippen LogP contribution in [0.25, 0.3) is 10.8 Å². The van der Waals surface area contributed by atoms with Gasteiger partial charge in [-0.3, -0.25) is 4.79 Å². The number of benzene rings is 3. The van der Waals surface area contributed by atoms with Crippen molar-refractivity contribution in [1.82, 2.24) is 4.90 Å². The van der Waals surface area contributed by atoms with Crippen LogP contribution >= 0.6 is 0 Å². The number of hydrogen-bond donors (Lipinski definition) is 2. The zero-order valence-corrected chi connectivity index (χ0v) is 18.2. The van der Waals surface area contributed by atoms with Crippen molar-refractivity contribution in [3.8, 4) is 5.75 Å². The number of fused-ring (bicyclic) bond motifs is 1. The molecule has 3 aromatic carbocycles. The number of rotatable bonds is 5. The molecule has 0 aliphatic carbocycles. The molecule has 0 aromatic heterocycles. The Kier molecular flexibility index (Phi) is 5.65. The van der Waals surface area contributed by atoms with E-state index in [1.54, 1.807) is 29.2 Å². The fourth-order valence-corrected chi connectivity index (χ4v) is 4.04. The van der Waals surface area contributed by atoms with Crippen LogP contribution in [0.4, 0.5) is 0 Å². The molecule has 1 fully saturated rings. The third-order valence-corrected chi connectivity index (χ3v) is 6.15. The minimum atomic E-state index is -1.34. The topological polar surface area (TPSA) is 87.1 Å². The smallest absolute Gasteiger partial charge is 0.347 e. The Morgan fingerprint density at radius 3 is 2.19 bits per heavy atom. The normalized spacial score (nSPS) is 16.0. The van der Waals surface area contributed by atoms with Crippen LogP contribution in [0.1, 0.15) is 42.6 Å². The van der Waals surface area contributed by atoms with Gasteiger partial charge in [-0.15, -0.1) is 0 Å². The van der Waals surface area contributed by atoms with E-state index >= 15 is 0 Å². The molecule has 1 heterocycles. The number of carboxylic acids is 1. The average molecular weight is 434 g/mol. The van der Waals surface area contributed by atoms with Gasteiger partial charge in [0.1, 0.15) is 5.75 Å². The van der Waals surface area contributed by atoms with Gasteiger partial charge in [-0.25, -0.2) is 4.79 Å². The van der Waals surface area contributed by atoms with Crippen molar-refractivity contribution in [2.45, 2.75) is 37.9 Å². The van der Waals surface area contributed by atoms with Crippen molar-refractivity contribution in [2.24, 2.45) is 0 Å². The molecule has 6 heteroatoms. The number of amides is 1. The number of piperidine rings is 1. The zero-order valence-electron chi connectivity index (χ0n) is 18.2. The average Bonchev–Trinajstić information content (AvgIpc) is 2.79. The number of aliphatic carboxylic acids is 1. The van der Waals surface area contributed by atoms with Gasteiger partial charge in [0.25, 0.3) is 5.91 Å². The Balaban J connectivity index is 1.42. The monoisotopic (exact) mass is 433 g/mol. The molecule has 4 rings (SSSR count). The van der Waals surface area contributed by atoms with E-state index in [1.807, 2.05) is 42.5 Å². The first kappa shape index (κ1) is 21.8. The van der Waals surface area contributed by atoms with Crippen molar-refractivity contribution >= 4 is 22.6 Å². The van der Waals surface area contributed by atoms with Gasteiger partial charge < -0.3 is 19.8 Å². The lowest BCUT2D eigenvalue weighted by molar-refractivity contribution is -0.152. The van der Waals surface area contributed by atoms with E-state index in [2.05, 4.69) is 0 Å². The first-order valence-electron chi connectivity index (χ1n) is 10.7. The van der Waals surface area contributed by atoms with Crippen molar-refractivity contribution in [2.75, 3.05) is 13.1 Å². The summed E-state index contributed by atoms with van der Waals surface area (Å²) in [7, 11) is 0. The molecule has 1 amide bonds. The molecule has 0 atom stereocenters. The maximum Gasteiger partial charge on any atom is 0.347 e. The molecule has 6 nitrogen and oxygen atoms in total. The van der Waals surface area contributed by atoms with E-state index in [9.17, 15) is 19.8 Å². The molecule has 1 aliphatic heterocycles. The second-order valence-electron chi connectivity index (χ2n) is 8.83. The minimum absolute atomic E-state index is 0.0301. The number of hydrogen-bond acceptors (Lipinski definition) is 4. The number of nitrogens with zero attached hydrogens (tertiary/aromatic N) is 1. The summed E-state index contributed by atoms with van der Waals surface area (Å²) in [4.78, 5) is 26.0. The summed E-state index contributed by atoms with van der Waals surface area (Å²) in [5.74, 6) is -0.658. The summed E-state index contributed by atoms with van der Waals surface area (Å²) < 4.78 is 5.53. The number of ether oxygens (including phenoxy) is 1. The number of carbonyl (C=O) groups is 2. The first-order chi connectivity index (χ1) is 15.2. The maximum atomic E-state index is 13.0. The highest BCUT2D eigenvalue weighted by molar-refractivity contribution is 5.98. The van der Waals surface area contributed by atoms with E-state index in [0.29, 0.717) is 37.2 Å². The lowest BCUT2D eigenvalue weighted by atomic mass is 9.84. The molecular weight excluding hydrogens is 406 g/mol. The molecule has 0 unspecified atom stereocenters. The number of carboxylic acid groups (broad SMARTS) is 1. The molecule has 0 saturated carbocycles. The largest absolute Gasteiger partial charge is 0.478 e. The van der Waals surface area contributed by atoms with Crippen LogP contribution in [0.3, 0.4) is 0 Å². The van der Waals surface area contributed by atoms with Crippen LogP contribution in [-0.2, 0) is 10.4 Å². The first-order valence-corrected chi connectivity index (χ1v) is 10.7. The van der Waals surface area contributed by atoms with Crippen LogP contribution in [0.2, 0.25) is 0 Å². The molecule has 2 N–H and O–H groups in total. The highest BCUT2D eigenvalue weighted by Gasteiger charge is 2.36. The number of carbonyl (C=O) groups excluding carboxylic acids is 1. The number of likely N-dealkylation sites (tertiary alicyclic amines) is 1. The Morgan fingerprint density at radius 2 is 1.56 bits per heavy atom. The molecule has 3 aromatic rings. The molecule has 32 heavy (non-hydrogen) atoms. The molecule has 0 spiro atoms. The molecule has 0 radical (unpaired) electrons. The van der Waals surface area contributed by atoms with Gasteiger partial charge >= 0.3 is 5.97 Å². The molecule has 1 saturated heterocycles. The minimum Gasteiger partial charge on any atom is -0.478 e. The SMILES string of the molecule is CC(C)(Oc1ccc(C2(O)CCN(C(=O)c3ccc4ccccc4c3)CC2)cc1)C(=O)O. The third kappa shape index (κ3) is 4.32. The van der Waals surface area contributed by atoms with Crippen LogP contribution < -0.4 is 4.74 Å². The zero-order chi connectivity index (χ0) is 22.9. The van der Waals surface area contributed by atoms with Crippen molar-refractivity contribution in [3.63, 3.8) is 0 Å². The Hall–Kier alpha value is -3.38. The Bertz CT molecular complexity index is 1140. The lowest BCUT2D eigenvalue weighted by Gasteiger charge is -2.38. The maximum absolute atomic E-state index is 13.0. The predicted octanol–water partition coefficient (Wildman–Crippen LogP) is 4.21. The van der Waals surface area contributed by atoms with Crippen LogP contribution in [0.5, 0.6) is 5.75 Å². The highest BCUT2D eigenvalue weighted by atomic mass is 16.5. The summed E-state index contributed by atoms with van der Waals surface area (Å²) >= 11 is 0. The van der Waals surface area contributed by atoms with Crippen molar-refractivity contribution in [1.29, 1.82) is 0 Å². The van der Waals surface area contributed by atoms with E-state index in [1.165, 1.54) is 13.8 Å². The predicted molar refractivity (Wildman–Crippen MR) is 122 cm³/mol. The second-order valence-corrected chi connectivity index (χ2v) is 8.83. The van der Waals surface area contributed by atoms with Gasteiger partial charge in [0, 0.05) is 18.7 Å². The summed E-state index contributed by atoms with van der Waals surface area (Å²) in [6, 6.07) is 20.5. The molecule has 0 bridgehead atoms. The van der Waals surface area contributed by atoms with E-state index in [0.717, 1.165) is 16.3 Å². The van der Waals surface area contributed by atoms with Crippen LogP contribution in [-0.4, -0.2) is 45.7 Å². The lowest BCUT2D eigenvalue weighted by Crippen LogP contribution is -2.45. The summed E-state index contributed by atoms with van der Waals surface area (Å²) in [6.07, 6.45) is 0.848. The molecule has 1 aliphatic rings.